The van der Waals surface area contributed by atoms with E-state index < -0.39 is 20.7 Å². The highest BCUT2D eigenvalue weighted by Crippen LogP contribution is 2.57. The van der Waals surface area contributed by atoms with Crippen molar-refractivity contribution in [1.29, 1.82) is 0 Å². The molecule has 0 aromatic heterocycles. The Balaban J connectivity index is 1.73. The van der Waals surface area contributed by atoms with Crippen LogP contribution in [0, 0.1) is 5.92 Å². The lowest BCUT2D eigenvalue weighted by Gasteiger charge is -2.17. The molecular formula is C15H20N2O4S. The minimum atomic E-state index is -3.54. The average molecular weight is 324 g/mol. The molecule has 120 valence electrons. The topological polar surface area (TPSA) is 75.7 Å². The van der Waals surface area contributed by atoms with Crippen LogP contribution in [-0.4, -0.2) is 43.1 Å². The quantitative estimate of drug-likeness (QED) is 0.909. The summed E-state index contributed by atoms with van der Waals surface area (Å²) in [5, 5.41) is 2.72. The lowest BCUT2D eigenvalue weighted by Crippen LogP contribution is -2.40. The van der Waals surface area contributed by atoms with E-state index in [1.54, 1.807) is 24.3 Å². The van der Waals surface area contributed by atoms with Crippen LogP contribution < -0.4 is 10.1 Å². The Morgan fingerprint density at radius 1 is 1.36 bits per heavy atom. The highest BCUT2D eigenvalue weighted by atomic mass is 32.2. The molecule has 1 heterocycles. The molecule has 1 saturated heterocycles. The third-order valence-electron chi connectivity index (χ3n) is 4.27. The van der Waals surface area contributed by atoms with Crippen LogP contribution in [0.25, 0.3) is 0 Å². The summed E-state index contributed by atoms with van der Waals surface area (Å²) in [6.45, 7) is 4.30. The lowest BCUT2D eigenvalue weighted by molar-refractivity contribution is -0.116. The molecule has 0 bridgehead atoms. The zero-order chi connectivity index (χ0) is 16.1. The maximum absolute atomic E-state index is 12.5. The van der Waals surface area contributed by atoms with Gasteiger partial charge in [0.25, 0.3) is 0 Å². The van der Waals surface area contributed by atoms with Gasteiger partial charge in [0.05, 0.1) is 6.10 Å². The van der Waals surface area contributed by atoms with Gasteiger partial charge in [-0.2, -0.15) is 0 Å². The van der Waals surface area contributed by atoms with Crippen molar-refractivity contribution in [2.24, 2.45) is 5.92 Å². The molecule has 0 unspecified atom stereocenters. The Bertz CT molecular complexity index is 699. The van der Waals surface area contributed by atoms with Crippen LogP contribution in [-0.2, 0) is 14.8 Å². The number of nitrogens with one attached hydrogen (secondary N) is 1. The van der Waals surface area contributed by atoms with Crippen molar-refractivity contribution in [2.45, 2.75) is 31.1 Å². The smallest absolute Gasteiger partial charge is 0.247 e. The summed E-state index contributed by atoms with van der Waals surface area (Å²) in [6, 6.07) is 6.95. The monoisotopic (exact) mass is 324 g/mol. The zero-order valence-electron chi connectivity index (χ0n) is 12.9. The van der Waals surface area contributed by atoms with Gasteiger partial charge in [-0.25, -0.2) is 12.7 Å². The zero-order valence-corrected chi connectivity index (χ0v) is 13.7. The van der Waals surface area contributed by atoms with Crippen molar-refractivity contribution in [1.82, 2.24) is 4.31 Å². The Labute approximate surface area is 130 Å². The second-order valence-electron chi connectivity index (χ2n) is 6.22. The fourth-order valence-electron chi connectivity index (χ4n) is 3.04. The second-order valence-corrected chi connectivity index (χ2v) is 8.52. The Morgan fingerprint density at radius 2 is 2.00 bits per heavy atom. The van der Waals surface area contributed by atoms with Gasteiger partial charge in [0.2, 0.25) is 15.9 Å². The number of benzene rings is 1. The summed E-state index contributed by atoms with van der Waals surface area (Å²) in [7, 11) is -2.02. The predicted molar refractivity (Wildman–Crippen MR) is 83.2 cm³/mol. The number of anilines is 1. The number of amides is 1. The predicted octanol–water partition coefficient (Wildman–Crippen LogP) is 1.45. The van der Waals surface area contributed by atoms with Crippen molar-refractivity contribution in [3.8, 4) is 5.75 Å². The minimum Gasteiger partial charge on any atom is -0.491 e. The number of fused-ring (bicyclic) bond motifs is 1. The van der Waals surface area contributed by atoms with Gasteiger partial charge in [0, 0.05) is 25.2 Å². The first-order chi connectivity index (χ1) is 10.3. The van der Waals surface area contributed by atoms with E-state index in [-0.39, 0.29) is 12.0 Å². The normalized spacial score (nSPS) is 29.2. The average Bonchev–Trinajstić information content (AvgIpc) is 3.11. The van der Waals surface area contributed by atoms with Crippen LogP contribution in [0.5, 0.6) is 5.75 Å². The third-order valence-corrected chi connectivity index (χ3v) is 6.84. The highest BCUT2D eigenvalue weighted by molar-refractivity contribution is 7.92. The molecule has 2 atom stereocenters. The van der Waals surface area contributed by atoms with Crippen LogP contribution in [0.4, 0.5) is 5.69 Å². The molecule has 3 rings (SSSR count). The third kappa shape index (κ3) is 2.19. The molecule has 6 nitrogen and oxygen atoms in total. The van der Waals surface area contributed by atoms with E-state index >= 15 is 0 Å². The molecule has 1 amide bonds. The molecule has 1 aromatic rings. The molecule has 1 aliphatic heterocycles. The highest BCUT2D eigenvalue weighted by Gasteiger charge is 2.74. The molecule has 22 heavy (non-hydrogen) atoms. The first-order valence-corrected chi connectivity index (χ1v) is 8.75. The number of carbonyl (C=O) groups is 1. The van der Waals surface area contributed by atoms with Gasteiger partial charge in [-0.1, -0.05) is 0 Å². The Morgan fingerprint density at radius 3 is 2.50 bits per heavy atom. The fraction of sp³-hybridized carbons (Fsp3) is 0.533. The van der Waals surface area contributed by atoms with Crippen LogP contribution in [0.3, 0.4) is 0 Å². The van der Waals surface area contributed by atoms with Crippen molar-refractivity contribution in [3.05, 3.63) is 24.3 Å². The molecule has 2 fully saturated rings. The van der Waals surface area contributed by atoms with Crippen molar-refractivity contribution < 1.29 is 17.9 Å². The second kappa shape index (κ2) is 4.96. The standard InChI is InChI=1S/C15H20N2O4S/c1-10(2)21-13-6-4-12(5-7-13)16-14(18)15-8-11(15)9-17(3)22(15,19)20/h4-7,10-11H,8-9H2,1-3H3,(H,16,18)/t11-,15+/m1/s1. The number of ether oxygens (including phenoxy) is 1. The first kappa shape index (κ1) is 15.3. The van der Waals surface area contributed by atoms with Gasteiger partial charge in [0.1, 0.15) is 5.75 Å². The molecule has 1 aromatic carbocycles. The largest absolute Gasteiger partial charge is 0.491 e. The van der Waals surface area contributed by atoms with Crippen molar-refractivity contribution >= 4 is 21.6 Å². The van der Waals surface area contributed by atoms with E-state index in [0.29, 0.717) is 24.4 Å². The van der Waals surface area contributed by atoms with E-state index in [4.69, 9.17) is 4.74 Å². The minimum absolute atomic E-state index is 0.0747. The SMILES string of the molecule is CC(C)Oc1ccc(NC(=O)[C@]23C[C@@H]2CN(C)S3(=O)=O)cc1. The summed E-state index contributed by atoms with van der Waals surface area (Å²) in [4.78, 5) is 12.5. The number of hydrogen-bond donors (Lipinski definition) is 1. The molecule has 1 N–H and O–H groups in total. The molecule has 0 spiro atoms. The first-order valence-electron chi connectivity index (χ1n) is 7.31. The maximum atomic E-state index is 12.5. The van der Waals surface area contributed by atoms with Gasteiger partial charge in [-0.15, -0.1) is 0 Å². The number of carbonyl (C=O) groups excluding carboxylic acids is 1. The summed E-state index contributed by atoms with van der Waals surface area (Å²) >= 11 is 0. The maximum Gasteiger partial charge on any atom is 0.247 e. The van der Waals surface area contributed by atoms with Crippen molar-refractivity contribution in [3.63, 3.8) is 0 Å². The van der Waals surface area contributed by atoms with Crippen LogP contribution in [0.15, 0.2) is 24.3 Å². The molecular weight excluding hydrogens is 304 g/mol. The van der Waals surface area contributed by atoms with Crippen LogP contribution >= 0.6 is 0 Å². The Kier molecular flexibility index (Phi) is 3.45. The molecule has 7 heteroatoms. The van der Waals surface area contributed by atoms with Crippen LogP contribution in [0.1, 0.15) is 20.3 Å². The van der Waals surface area contributed by atoms with Gasteiger partial charge in [-0.05, 0) is 44.5 Å². The molecule has 1 aliphatic carbocycles. The van der Waals surface area contributed by atoms with E-state index in [1.165, 1.54) is 11.4 Å². The Hall–Kier alpha value is -1.60. The number of hydrogen-bond acceptors (Lipinski definition) is 4. The lowest BCUT2D eigenvalue weighted by atomic mass is 10.2. The van der Waals surface area contributed by atoms with Crippen LogP contribution in [0.2, 0.25) is 0 Å². The molecule has 0 radical (unpaired) electrons. The number of sulfonamides is 1. The summed E-state index contributed by atoms with van der Waals surface area (Å²) < 4.78 is 30.2. The molecule has 2 aliphatic rings. The van der Waals surface area contributed by atoms with E-state index in [2.05, 4.69) is 5.32 Å². The van der Waals surface area contributed by atoms with Gasteiger partial charge in [0.15, 0.2) is 4.75 Å². The fourth-order valence-corrected chi connectivity index (χ4v) is 5.17. The van der Waals surface area contributed by atoms with Gasteiger partial charge < -0.3 is 10.1 Å². The number of rotatable bonds is 4. The van der Waals surface area contributed by atoms with Gasteiger partial charge in [-0.3, -0.25) is 4.79 Å². The molecule has 1 saturated carbocycles. The van der Waals surface area contributed by atoms with Gasteiger partial charge >= 0.3 is 0 Å². The summed E-state index contributed by atoms with van der Waals surface area (Å²) in [5.74, 6) is 0.189. The summed E-state index contributed by atoms with van der Waals surface area (Å²) in [6.07, 6.45) is 0.491. The number of nitrogens with zero attached hydrogens (tertiary/aromatic N) is 1. The van der Waals surface area contributed by atoms with E-state index in [1.807, 2.05) is 13.8 Å². The van der Waals surface area contributed by atoms with E-state index in [9.17, 15) is 13.2 Å². The van der Waals surface area contributed by atoms with Crippen molar-refractivity contribution in [2.75, 3.05) is 18.9 Å². The summed E-state index contributed by atoms with van der Waals surface area (Å²) in [5.41, 5.74) is 0.575. The van der Waals surface area contributed by atoms with E-state index in [0.717, 1.165) is 0 Å².